The number of imide groups is 1. The Morgan fingerprint density at radius 2 is 1.83 bits per heavy atom. The SMILES string of the molecule is CNC(=O)NC(=O)[C@H](C)Oc1ccccc1OC. The number of ether oxygens (including phenoxy) is 2. The number of hydrogen-bond acceptors (Lipinski definition) is 4. The maximum absolute atomic E-state index is 11.6. The van der Waals surface area contributed by atoms with E-state index in [1.54, 1.807) is 31.2 Å². The minimum Gasteiger partial charge on any atom is -0.493 e. The van der Waals surface area contributed by atoms with Crippen LogP contribution in [0.4, 0.5) is 4.79 Å². The van der Waals surface area contributed by atoms with Crippen molar-refractivity contribution in [1.82, 2.24) is 10.6 Å². The highest BCUT2D eigenvalue weighted by atomic mass is 16.5. The van der Waals surface area contributed by atoms with Gasteiger partial charge in [0.2, 0.25) is 0 Å². The molecule has 6 heteroatoms. The molecule has 0 aromatic heterocycles. The molecule has 0 bridgehead atoms. The number of amides is 3. The van der Waals surface area contributed by atoms with Gasteiger partial charge in [0.1, 0.15) is 0 Å². The summed E-state index contributed by atoms with van der Waals surface area (Å²) in [4.78, 5) is 22.6. The molecule has 0 unspecified atom stereocenters. The molecule has 3 amide bonds. The lowest BCUT2D eigenvalue weighted by Crippen LogP contribution is -2.43. The molecule has 0 saturated heterocycles. The molecule has 18 heavy (non-hydrogen) atoms. The van der Waals surface area contributed by atoms with Gasteiger partial charge in [-0.15, -0.1) is 0 Å². The second kappa shape index (κ2) is 6.48. The van der Waals surface area contributed by atoms with Gasteiger partial charge in [-0.1, -0.05) is 12.1 Å². The van der Waals surface area contributed by atoms with Crippen LogP contribution in [0.5, 0.6) is 11.5 Å². The number of nitrogens with one attached hydrogen (secondary N) is 2. The summed E-state index contributed by atoms with van der Waals surface area (Å²) in [6.45, 7) is 1.55. The molecular weight excluding hydrogens is 236 g/mol. The first-order valence-corrected chi connectivity index (χ1v) is 5.40. The van der Waals surface area contributed by atoms with Crippen molar-refractivity contribution in [2.24, 2.45) is 0 Å². The van der Waals surface area contributed by atoms with Crippen LogP contribution in [0.25, 0.3) is 0 Å². The normalized spacial score (nSPS) is 11.3. The lowest BCUT2D eigenvalue weighted by atomic mass is 10.3. The van der Waals surface area contributed by atoms with Gasteiger partial charge >= 0.3 is 6.03 Å². The van der Waals surface area contributed by atoms with Crippen LogP contribution in [0, 0.1) is 0 Å². The summed E-state index contributed by atoms with van der Waals surface area (Å²) in [6.07, 6.45) is -0.807. The summed E-state index contributed by atoms with van der Waals surface area (Å²) in [6, 6.07) is 6.39. The minimum atomic E-state index is -0.807. The predicted molar refractivity (Wildman–Crippen MR) is 65.7 cm³/mol. The number of hydrogen-bond donors (Lipinski definition) is 2. The Labute approximate surface area is 105 Å². The van der Waals surface area contributed by atoms with E-state index in [1.165, 1.54) is 14.2 Å². The quantitative estimate of drug-likeness (QED) is 0.835. The Bertz CT molecular complexity index is 434. The average Bonchev–Trinajstić information content (AvgIpc) is 2.39. The Morgan fingerprint density at radius 3 is 2.39 bits per heavy atom. The van der Waals surface area contributed by atoms with E-state index < -0.39 is 18.0 Å². The van der Waals surface area contributed by atoms with Gasteiger partial charge in [0.05, 0.1) is 7.11 Å². The molecule has 0 aliphatic heterocycles. The van der Waals surface area contributed by atoms with Gasteiger partial charge in [0, 0.05) is 7.05 Å². The number of para-hydroxylation sites is 2. The molecule has 1 rings (SSSR count). The molecule has 6 nitrogen and oxygen atoms in total. The van der Waals surface area contributed by atoms with Crippen LogP contribution in [-0.4, -0.2) is 32.2 Å². The lowest BCUT2D eigenvalue weighted by molar-refractivity contribution is -0.126. The number of carbonyl (C=O) groups is 2. The Hall–Kier alpha value is -2.24. The summed E-state index contributed by atoms with van der Waals surface area (Å²) in [5.74, 6) is 0.442. The summed E-state index contributed by atoms with van der Waals surface area (Å²) in [5.41, 5.74) is 0. The van der Waals surface area contributed by atoms with Crippen LogP contribution in [-0.2, 0) is 4.79 Å². The van der Waals surface area contributed by atoms with E-state index in [1.807, 2.05) is 0 Å². The highest BCUT2D eigenvalue weighted by Crippen LogP contribution is 2.26. The van der Waals surface area contributed by atoms with E-state index in [9.17, 15) is 9.59 Å². The molecule has 0 radical (unpaired) electrons. The maximum atomic E-state index is 11.6. The third-order valence-corrected chi connectivity index (χ3v) is 2.21. The van der Waals surface area contributed by atoms with Crippen molar-refractivity contribution in [2.75, 3.05) is 14.2 Å². The molecule has 1 aromatic rings. The summed E-state index contributed by atoms with van der Waals surface area (Å²) in [5, 5.41) is 4.42. The van der Waals surface area contributed by atoms with Gasteiger partial charge in [-0.05, 0) is 19.1 Å². The fourth-order valence-corrected chi connectivity index (χ4v) is 1.24. The zero-order chi connectivity index (χ0) is 13.5. The van der Waals surface area contributed by atoms with Crippen LogP contribution in [0.3, 0.4) is 0 Å². The molecule has 0 fully saturated rings. The second-order valence-electron chi connectivity index (χ2n) is 3.48. The van der Waals surface area contributed by atoms with Crippen LogP contribution in [0.15, 0.2) is 24.3 Å². The summed E-state index contributed by atoms with van der Waals surface area (Å²) in [7, 11) is 2.94. The Kier molecular flexibility index (Phi) is 4.98. The number of carbonyl (C=O) groups excluding carboxylic acids is 2. The molecular formula is C12H16N2O4. The standard InChI is InChI=1S/C12H16N2O4/c1-8(11(15)14-12(16)13-2)18-10-7-5-4-6-9(10)17-3/h4-8H,1-3H3,(H2,13,14,15,16)/t8-/m0/s1. The largest absolute Gasteiger partial charge is 0.493 e. The maximum Gasteiger partial charge on any atom is 0.321 e. The molecule has 2 N–H and O–H groups in total. The molecule has 1 aromatic carbocycles. The first-order chi connectivity index (χ1) is 8.58. The van der Waals surface area contributed by atoms with E-state index in [-0.39, 0.29) is 0 Å². The van der Waals surface area contributed by atoms with E-state index in [0.29, 0.717) is 11.5 Å². The van der Waals surface area contributed by atoms with Crippen molar-refractivity contribution in [3.63, 3.8) is 0 Å². The van der Waals surface area contributed by atoms with Gasteiger partial charge in [-0.25, -0.2) is 4.79 Å². The number of rotatable bonds is 4. The lowest BCUT2D eigenvalue weighted by Gasteiger charge is -2.15. The van der Waals surface area contributed by atoms with Crippen molar-refractivity contribution < 1.29 is 19.1 Å². The van der Waals surface area contributed by atoms with E-state index in [0.717, 1.165) is 0 Å². The zero-order valence-electron chi connectivity index (χ0n) is 10.5. The molecule has 1 atom stereocenters. The van der Waals surface area contributed by atoms with Crippen LogP contribution in [0.1, 0.15) is 6.92 Å². The van der Waals surface area contributed by atoms with Crippen molar-refractivity contribution in [3.8, 4) is 11.5 Å². The fourth-order valence-electron chi connectivity index (χ4n) is 1.24. The third kappa shape index (κ3) is 3.65. The number of benzene rings is 1. The van der Waals surface area contributed by atoms with Gasteiger partial charge in [-0.3, -0.25) is 10.1 Å². The van der Waals surface area contributed by atoms with Crippen molar-refractivity contribution in [1.29, 1.82) is 0 Å². The third-order valence-electron chi connectivity index (χ3n) is 2.21. The summed E-state index contributed by atoms with van der Waals surface area (Å²) < 4.78 is 10.5. The van der Waals surface area contributed by atoms with E-state index in [4.69, 9.17) is 9.47 Å². The smallest absolute Gasteiger partial charge is 0.321 e. The molecule has 0 spiro atoms. The van der Waals surface area contributed by atoms with Gasteiger partial charge in [0.15, 0.2) is 17.6 Å². The van der Waals surface area contributed by atoms with Gasteiger partial charge < -0.3 is 14.8 Å². The van der Waals surface area contributed by atoms with Crippen molar-refractivity contribution >= 4 is 11.9 Å². The minimum absolute atomic E-state index is 0.444. The van der Waals surface area contributed by atoms with Crippen LogP contribution >= 0.6 is 0 Å². The molecule has 0 saturated carbocycles. The summed E-state index contributed by atoms with van der Waals surface area (Å²) >= 11 is 0. The van der Waals surface area contributed by atoms with Crippen molar-refractivity contribution in [3.05, 3.63) is 24.3 Å². The molecule has 0 heterocycles. The van der Waals surface area contributed by atoms with Crippen molar-refractivity contribution in [2.45, 2.75) is 13.0 Å². The van der Waals surface area contributed by atoms with Gasteiger partial charge in [0.25, 0.3) is 5.91 Å². The number of urea groups is 1. The highest BCUT2D eigenvalue weighted by molar-refractivity contribution is 5.96. The van der Waals surface area contributed by atoms with E-state index >= 15 is 0 Å². The molecule has 0 aliphatic carbocycles. The van der Waals surface area contributed by atoms with Gasteiger partial charge in [-0.2, -0.15) is 0 Å². The molecule has 0 aliphatic rings. The number of methoxy groups -OCH3 is 1. The topological polar surface area (TPSA) is 76.7 Å². The Balaban J connectivity index is 2.66. The fraction of sp³-hybridized carbons (Fsp3) is 0.333. The second-order valence-corrected chi connectivity index (χ2v) is 3.48. The average molecular weight is 252 g/mol. The van der Waals surface area contributed by atoms with E-state index in [2.05, 4.69) is 10.6 Å². The monoisotopic (exact) mass is 252 g/mol. The zero-order valence-corrected chi connectivity index (χ0v) is 10.5. The van der Waals surface area contributed by atoms with Crippen LogP contribution in [0.2, 0.25) is 0 Å². The van der Waals surface area contributed by atoms with Crippen LogP contribution < -0.4 is 20.1 Å². The first kappa shape index (κ1) is 13.8. The highest BCUT2D eigenvalue weighted by Gasteiger charge is 2.18. The first-order valence-electron chi connectivity index (χ1n) is 5.40. The molecule has 98 valence electrons. The Morgan fingerprint density at radius 1 is 1.22 bits per heavy atom. The predicted octanol–water partition coefficient (Wildman–Crippen LogP) is 0.918.